The highest BCUT2D eigenvalue weighted by molar-refractivity contribution is 9.10. The molecular weight excluding hydrogens is 353 g/mol. The molecule has 0 amide bonds. The quantitative estimate of drug-likeness (QED) is 0.739. The van der Waals surface area contributed by atoms with E-state index < -0.39 is 0 Å². The Bertz CT molecular complexity index is 586. The summed E-state index contributed by atoms with van der Waals surface area (Å²) in [6, 6.07) is 12.7. The minimum Gasteiger partial charge on any atom is -0.316 e. The molecule has 2 aromatic carbocycles. The molecule has 2 rings (SSSR count). The highest BCUT2D eigenvalue weighted by atomic mass is 79.9. The Hall–Kier alpha value is -0.900. The first-order valence-electron chi connectivity index (χ1n) is 7.00. The molecule has 21 heavy (non-hydrogen) atoms. The van der Waals surface area contributed by atoms with Crippen LogP contribution in [0.5, 0.6) is 0 Å². The first-order valence-corrected chi connectivity index (χ1v) is 8.17. The molecule has 1 unspecified atom stereocenters. The summed E-state index contributed by atoms with van der Waals surface area (Å²) in [7, 11) is 0. The number of rotatable bonds is 6. The third kappa shape index (κ3) is 4.80. The van der Waals surface area contributed by atoms with E-state index in [4.69, 9.17) is 11.6 Å². The zero-order chi connectivity index (χ0) is 15.2. The lowest BCUT2D eigenvalue weighted by atomic mass is 9.92. The molecule has 0 spiro atoms. The molecule has 0 saturated carbocycles. The first-order chi connectivity index (χ1) is 10.1. The van der Waals surface area contributed by atoms with Crippen molar-refractivity contribution in [2.75, 3.05) is 13.1 Å². The number of hydrogen-bond donors (Lipinski definition) is 1. The van der Waals surface area contributed by atoms with E-state index in [0.717, 1.165) is 40.1 Å². The summed E-state index contributed by atoms with van der Waals surface area (Å²) in [5, 5.41) is 4.12. The summed E-state index contributed by atoms with van der Waals surface area (Å²) in [5.74, 6) is 0.0619. The fraction of sp³-hybridized carbons (Fsp3) is 0.294. The van der Waals surface area contributed by atoms with E-state index in [1.807, 2.05) is 30.3 Å². The van der Waals surface area contributed by atoms with Gasteiger partial charge in [-0.15, -0.1) is 0 Å². The van der Waals surface area contributed by atoms with Crippen LogP contribution in [0.3, 0.4) is 0 Å². The second-order valence-electron chi connectivity index (χ2n) is 5.00. The van der Waals surface area contributed by atoms with Crippen LogP contribution in [0.25, 0.3) is 0 Å². The van der Waals surface area contributed by atoms with Crippen molar-refractivity contribution >= 4 is 27.5 Å². The Morgan fingerprint density at radius 1 is 1.19 bits per heavy atom. The predicted octanol–water partition coefficient (Wildman–Crippen LogP) is 5.18. The van der Waals surface area contributed by atoms with Gasteiger partial charge in [0.25, 0.3) is 0 Å². The van der Waals surface area contributed by atoms with Gasteiger partial charge in [0.1, 0.15) is 5.82 Å². The van der Waals surface area contributed by atoms with Crippen LogP contribution in [-0.2, 0) is 6.42 Å². The molecule has 2 aromatic rings. The van der Waals surface area contributed by atoms with E-state index in [0.29, 0.717) is 0 Å². The summed E-state index contributed by atoms with van der Waals surface area (Å²) in [6.07, 6.45) is 0.824. The first kappa shape index (κ1) is 16.5. The second-order valence-corrected chi connectivity index (χ2v) is 6.32. The number of hydrogen-bond acceptors (Lipinski definition) is 1. The molecule has 0 aliphatic rings. The molecule has 0 bridgehead atoms. The van der Waals surface area contributed by atoms with E-state index >= 15 is 0 Å². The smallest absolute Gasteiger partial charge is 0.123 e. The van der Waals surface area contributed by atoms with Gasteiger partial charge in [0.05, 0.1) is 0 Å². The highest BCUT2D eigenvalue weighted by Crippen LogP contribution is 2.27. The van der Waals surface area contributed by atoms with Crippen molar-refractivity contribution in [1.82, 2.24) is 5.32 Å². The Balaban J connectivity index is 2.21. The van der Waals surface area contributed by atoms with Crippen LogP contribution >= 0.6 is 27.5 Å². The average molecular weight is 371 g/mol. The SMILES string of the molecule is CCNCC(Cc1ccc(Br)cc1Cl)c1ccc(F)cc1. The standard InChI is InChI=1S/C17H18BrClFN/c1-2-21-11-14(12-4-7-16(20)8-5-12)9-13-3-6-15(18)10-17(13)19/h3-8,10,14,21H,2,9,11H2,1H3. The summed E-state index contributed by atoms with van der Waals surface area (Å²) < 4.78 is 14.1. The van der Waals surface area contributed by atoms with E-state index in [2.05, 4.69) is 28.2 Å². The van der Waals surface area contributed by atoms with Crippen molar-refractivity contribution in [3.8, 4) is 0 Å². The lowest BCUT2D eigenvalue weighted by molar-refractivity contribution is 0.590. The van der Waals surface area contributed by atoms with Gasteiger partial charge >= 0.3 is 0 Å². The van der Waals surface area contributed by atoms with Gasteiger partial charge in [-0.25, -0.2) is 4.39 Å². The van der Waals surface area contributed by atoms with Gasteiger partial charge in [0.15, 0.2) is 0 Å². The summed E-state index contributed by atoms with van der Waals surface area (Å²) in [4.78, 5) is 0. The van der Waals surface area contributed by atoms with Gasteiger partial charge in [-0.1, -0.05) is 52.7 Å². The lowest BCUT2D eigenvalue weighted by Gasteiger charge is -2.19. The molecule has 1 nitrogen and oxygen atoms in total. The van der Waals surface area contributed by atoms with Crippen molar-refractivity contribution in [2.24, 2.45) is 0 Å². The minimum atomic E-state index is -0.206. The predicted molar refractivity (Wildman–Crippen MR) is 90.5 cm³/mol. The van der Waals surface area contributed by atoms with E-state index in [1.165, 1.54) is 12.1 Å². The topological polar surface area (TPSA) is 12.0 Å². The summed E-state index contributed by atoms with van der Waals surface area (Å²) >= 11 is 9.73. The zero-order valence-electron chi connectivity index (χ0n) is 11.9. The summed E-state index contributed by atoms with van der Waals surface area (Å²) in [5.41, 5.74) is 2.23. The van der Waals surface area contributed by atoms with Crippen LogP contribution in [0.1, 0.15) is 24.0 Å². The van der Waals surface area contributed by atoms with Gasteiger partial charge in [-0.05, 0) is 48.4 Å². The zero-order valence-corrected chi connectivity index (χ0v) is 14.2. The van der Waals surface area contributed by atoms with E-state index in [1.54, 1.807) is 0 Å². The average Bonchev–Trinajstić information content (AvgIpc) is 2.46. The highest BCUT2D eigenvalue weighted by Gasteiger charge is 2.14. The Morgan fingerprint density at radius 3 is 2.52 bits per heavy atom. The third-order valence-corrected chi connectivity index (χ3v) is 4.31. The second kappa shape index (κ2) is 7.92. The molecule has 0 fully saturated rings. The Kier molecular flexibility index (Phi) is 6.22. The van der Waals surface area contributed by atoms with Crippen molar-refractivity contribution in [1.29, 1.82) is 0 Å². The molecule has 0 heterocycles. The van der Waals surface area contributed by atoms with Crippen LogP contribution in [0, 0.1) is 5.82 Å². The maximum atomic E-state index is 13.1. The lowest BCUT2D eigenvalue weighted by Crippen LogP contribution is -2.22. The molecule has 4 heteroatoms. The molecule has 0 saturated heterocycles. The van der Waals surface area contributed by atoms with Gasteiger partial charge in [0.2, 0.25) is 0 Å². The van der Waals surface area contributed by atoms with Crippen LogP contribution in [0.15, 0.2) is 46.9 Å². The molecule has 0 aliphatic carbocycles. The number of halogens is 3. The maximum absolute atomic E-state index is 13.1. The minimum absolute atomic E-state index is 0.206. The fourth-order valence-electron chi connectivity index (χ4n) is 2.31. The molecule has 0 radical (unpaired) electrons. The van der Waals surface area contributed by atoms with Gasteiger partial charge in [-0.2, -0.15) is 0 Å². The van der Waals surface area contributed by atoms with Crippen molar-refractivity contribution in [3.05, 3.63) is 68.9 Å². The van der Waals surface area contributed by atoms with Crippen molar-refractivity contribution in [3.63, 3.8) is 0 Å². The number of likely N-dealkylation sites (N-methyl/N-ethyl adjacent to an activating group) is 1. The van der Waals surface area contributed by atoms with Gasteiger partial charge in [-0.3, -0.25) is 0 Å². The van der Waals surface area contributed by atoms with Crippen molar-refractivity contribution in [2.45, 2.75) is 19.3 Å². The van der Waals surface area contributed by atoms with Gasteiger partial charge < -0.3 is 5.32 Å². The van der Waals surface area contributed by atoms with E-state index in [9.17, 15) is 4.39 Å². The molecule has 1 atom stereocenters. The number of nitrogens with one attached hydrogen (secondary N) is 1. The Morgan fingerprint density at radius 2 is 1.90 bits per heavy atom. The van der Waals surface area contributed by atoms with Crippen LogP contribution in [-0.4, -0.2) is 13.1 Å². The fourth-order valence-corrected chi connectivity index (χ4v) is 3.06. The normalized spacial score (nSPS) is 12.4. The van der Waals surface area contributed by atoms with Crippen LogP contribution < -0.4 is 5.32 Å². The van der Waals surface area contributed by atoms with Crippen molar-refractivity contribution < 1.29 is 4.39 Å². The summed E-state index contributed by atoms with van der Waals surface area (Å²) in [6.45, 7) is 3.83. The molecular formula is C17H18BrClFN. The number of benzene rings is 2. The monoisotopic (exact) mass is 369 g/mol. The Labute approximate surface area is 138 Å². The third-order valence-electron chi connectivity index (χ3n) is 3.46. The van der Waals surface area contributed by atoms with E-state index in [-0.39, 0.29) is 11.7 Å². The van der Waals surface area contributed by atoms with Crippen LogP contribution in [0.2, 0.25) is 5.02 Å². The largest absolute Gasteiger partial charge is 0.316 e. The van der Waals surface area contributed by atoms with Crippen LogP contribution in [0.4, 0.5) is 4.39 Å². The van der Waals surface area contributed by atoms with Gasteiger partial charge in [0, 0.05) is 22.0 Å². The molecule has 0 aliphatic heterocycles. The molecule has 112 valence electrons. The maximum Gasteiger partial charge on any atom is 0.123 e. The molecule has 1 N–H and O–H groups in total. The molecule has 0 aromatic heterocycles.